The molecule has 0 aliphatic heterocycles. The van der Waals surface area contributed by atoms with E-state index in [1.54, 1.807) is 0 Å². The van der Waals surface area contributed by atoms with Gasteiger partial charge in [-0.2, -0.15) is 0 Å². The van der Waals surface area contributed by atoms with Crippen LogP contribution in [0.2, 0.25) is 13.3 Å². The van der Waals surface area contributed by atoms with Crippen molar-refractivity contribution < 1.29 is 12.3 Å². The molecule has 0 aromatic rings. The molecular formula is C16H32O2Sn. The van der Waals surface area contributed by atoms with Crippen LogP contribution in [-0.2, 0) is 9.53 Å². The Morgan fingerprint density at radius 3 is 1.74 bits per heavy atom. The average molecular weight is 377 g/mol. The topological polar surface area (TPSA) is 26.3 Å². The Bertz CT molecular complexity index is 317. The summed E-state index contributed by atoms with van der Waals surface area (Å²) in [7, 11) is 1.38. The first-order valence-corrected chi connectivity index (χ1v) is 15.2. The number of esters is 1. The second-order valence-corrected chi connectivity index (χ2v) is 18.5. The van der Waals surface area contributed by atoms with Crippen molar-refractivity contribution in [1.29, 1.82) is 0 Å². The van der Waals surface area contributed by atoms with Gasteiger partial charge in [-0.05, 0) is 0 Å². The first-order valence-electron chi connectivity index (χ1n) is 8.75. The van der Waals surface area contributed by atoms with Crippen LogP contribution in [0.4, 0.5) is 0 Å². The standard InChI is InChI=1S/C4H5O2.3C4H9.Sn/c1-3-4(5)6-2;3*1-3-4-2;/h1H2,2H3;3*1,3-4H2,2H3;/i1D2;;;;. The van der Waals surface area contributed by atoms with Crippen molar-refractivity contribution in [2.24, 2.45) is 0 Å². The van der Waals surface area contributed by atoms with Crippen molar-refractivity contribution in [3.05, 3.63) is 10.1 Å². The molecule has 3 heteroatoms. The summed E-state index contributed by atoms with van der Waals surface area (Å²) in [6.07, 6.45) is 6.65. The molecule has 0 aliphatic carbocycles. The molecule has 0 unspecified atom stereocenters. The SMILES string of the molecule is [2H]C([2H])=[C](C(=O)OC)[Sn]([CH2]CCC)([CH2]CCC)[CH2]CCC. The van der Waals surface area contributed by atoms with Crippen LogP contribution in [0.5, 0.6) is 0 Å². The van der Waals surface area contributed by atoms with E-state index in [0.717, 1.165) is 51.8 Å². The molecule has 0 atom stereocenters. The van der Waals surface area contributed by atoms with Crippen molar-refractivity contribution in [1.82, 2.24) is 0 Å². The van der Waals surface area contributed by atoms with Gasteiger partial charge in [-0.3, -0.25) is 0 Å². The van der Waals surface area contributed by atoms with Gasteiger partial charge in [0.15, 0.2) is 0 Å². The quantitative estimate of drug-likeness (QED) is 0.284. The van der Waals surface area contributed by atoms with Crippen LogP contribution in [0.15, 0.2) is 10.1 Å². The van der Waals surface area contributed by atoms with Gasteiger partial charge in [-0.25, -0.2) is 0 Å². The molecule has 0 bridgehead atoms. The number of ether oxygens (including phenoxy) is 1. The number of methoxy groups -OCH3 is 1. The number of unbranched alkanes of at least 4 members (excludes halogenated alkanes) is 3. The van der Waals surface area contributed by atoms with E-state index in [2.05, 4.69) is 20.8 Å². The van der Waals surface area contributed by atoms with Crippen LogP contribution >= 0.6 is 0 Å². The van der Waals surface area contributed by atoms with Gasteiger partial charge in [0.05, 0.1) is 0 Å². The Hall–Kier alpha value is 0.00870. The predicted molar refractivity (Wildman–Crippen MR) is 86.1 cm³/mol. The molecule has 0 heterocycles. The number of carbonyl (C=O) groups is 1. The Kier molecular flexibility index (Phi) is 8.72. The average Bonchev–Trinajstić information content (AvgIpc) is 2.47. The fourth-order valence-corrected chi connectivity index (χ4v) is 17.2. The molecule has 112 valence electrons. The molecular weight excluding hydrogens is 343 g/mol. The van der Waals surface area contributed by atoms with E-state index in [0.29, 0.717) is 3.59 Å². The van der Waals surface area contributed by atoms with E-state index in [1.165, 1.54) is 7.11 Å². The van der Waals surface area contributed by atoms with E-state index in [9.17, 15) is 4.79 Å². The van der Waals surface area contributed by atoms with Crippen LogP contribution in [0.3, 0.4) is 0 Å². The fourth-order valence-electron chi connectivity index (χ4n) is 2.61. The summed E-state index contributed by atoms with van der Waals surface area (Å²) in [4.78, 5) is 12.2. The first kappa shape index (κ1) is 15.4. The van der Waals surface area contributed by atoms with Gasteiger partial charge in [0.25, 0.3) is 0 Å². The Balaban J connectivity index is 5.64. The molecule has 19 heavy (non-hydrogen) atoms. The third-order valence-electron chi connectivity index (χ3n) is 3.95. The zero-order valence-corrected chi connectivity index (χ0v) is 16.0. The van der Waals surface area contributed by atoms with Crippen LogP contribution in [0, 0.1) is 0 Å². The molecule has 2 nitrogen and oxygen atoms in total. The van der Waals surface area contributed by atoms with Crippen LogP contribution in [0.1, 0.15) is 62.0 Å². The monoisotopic (exact) mass is 378 g/mol. The van der Waals surface area contributed by atoms with Crippen LogP contribution < -0.4 is 0 Å². The predicted octanol–water partition coefficient (Wildman–Crippen LogP) is 5.10. The molecule has 0 radical (unpaired) electrons. The first-order chi connectivity index (χ1) is 9.98. The Morgan fingerprint density at radius 1 is 1.05 bits per heavy atom. The third kappa shape index (κ3) is 6.33. The van der Waals surface area contributed by atoms with Crippen LogP contribution in [-0.4, -0.2) is 31.5 Å². The maximum atomic E-state index is 12.2. The molecule has 0 saturated carbocycles. The van der Waals surface area contributed by atoms with E-state index in [1.807, 2.05) is 0 Å². The molecule has 0 fully saturated rings. The van der Waals surface area contributed by atoms with Gasteiger partial charge < -0.3 is 0 Å². The van der Waals surface area contributed by atoms with Gasteiger partial charge in [0, 0.05) is 0 Å². The maximum absolute atomic E-state index is 12.2. The van der Waals surface area contributed by atoms with E-state index in [-0.39, 0.29) is 6.53 Å². The number of hydrogen-bond acceptors (Lipinski definition) is 2. The second-order valence-electron chi connectivity index (χ2n) is 5.46. The summed E-state index contributed by atoms with van der Waals surface area (Å²) in [6.45, 7) is 6.22. The van der Waals surface area contributed by atoms with Gasteiger partial charge in [0.2, 0.25) is 0 Å². The van der Waals surface area contributed by atoms with Crippen LogP contribution in [0.25, 0.3) is 0 Å². The summed E-state index contributed by atoms with van der Waals surface area (Å²) in [5.74, 6) is -0.394. The van der Waals surface area contributed by atoms with Crippen molar-refractivity contribution in [2.75, 3.05) is 7.11 Å². The number of carbonyl (C=O) groups excluding carboxylic acids is 1. The van der Waals surface area contributed by atoms with Gasteiger partial charge >= 0.3 is 126 Å². The molecule has 0 amide bonds. The Morgan fingerprint density at radius 2 is 1.47 bits per heavy atom. The van der Waals surface area contributed by atoms with Crippen molar-refractivity contribution >= 4 is 24.3 Å². The van der Waals surface area contributed by atoms with Crippen molar-refractivity contribution in [2.45, 2.75) is 72.6 Å². The molecule has 0 spiro atoms. The summed E-state index contributed by atoms with van der Waals surface area (Å²) in [6, 6.07) is 0. The summed E-state index contributed by atoms with van der Waals surface area (Å²) < 4.78 is 24.3. The number of rotatable bonds is 11. The summed E-state index contributed by atoms with van der Waals surface area (Å²) >= 11 is -3.00. The third-order valence-corrected chi connectivity index (χ3v) is 18.8. The van der Waals surface area contributed by atoms with E-state index < -0.39 is 24.3 Å². The minimum absolute atomic E-state index is 0.277. The van der Waals surface area contributed by atoms with Gasteiger partial charge in [0.1, 0.15) is 0 Å². The number of hydrogen-bond donors (Lipinski definition) is 0. The fraction of sp³-hybridized carbons (Fsp3) is 0.812. The molecule has 0 N–H and O–H groups in total. The minimum atomic E-state index is -3.00. The van der Waals surface area contributed by atoms with Gasteiger partial charge in [-0.15, -0.1) is 0 Å². The zero-order valence-electron chi connectivity index (χ0n) is 15.2. The molecule has 0 saturated heterocycles. The summed E-state index contributed by atoms with van der Waals surface area (Å²) in [5, 5.41) is 0. The Labute approximate surface area is 126 Å². The van der Waals surface area contributed by atoms with Crippen molar-refractivity contribution in [3.8, 4) is 0 Å². The molecule has 0 rings (SSSR count). The second kappa shape index (κ2) is 10.8. The van der Waals surface area contributed by atoms with E-state index >= 15 is 0 Å². The summed E-state index contributed by atoms with van der Waals surface area (Å²) in [5.41, 5.74) is 0. The van der Waals surface area contributed by atoms with Gasteiger partial charge in [-0.1, -0.05) is 0 Å². The normalized spacial score (nSPS) is 12.6. The molecule has 0 aromatic carbocycles. The van der Waals surface area contributed by atoms with E-state index in [4.69, 9.17) is 7.48 Å². The molecule has 0 aliphatic rings. The zero-order chi connectivity index (χ0) is 16.3. The molecule has 0 aromatic heterocycles. The van der Waals surface area contributed by atoms with Crippen molar-refractivity contribution in [3.63, 3.8) is 0 Å².